The maximum atomic E-state index is 12.3. The average Bonchev–Trinajstić information content (AvgIpc) is 2.54. The van der Waals surface area contributed by atoms with Crippen LogP contribution in [0.3, 0.4) is 0 Å². The molecule has 0 aliphatic rings. The number of anilines is 1. The zero-order chi connectivity index (χ0) is 17.5. The molecule has 24 heavy (non-hydrogen) atoms. The molecule has 0 fully saturated rings. The number of rotatable bonds is 7. The van der Waals surface area contributed by atoms with Gasteiger partial charge in [-0.25, -0.2) is 9.97 Å². The van der Waals surface area contributed by atoms with Gasteiger partial charge in [-0.1, -0.05) is 30.7 Å². The summed E-state index contributed by atoms with van der Waals surface area (Å²) < 4.78 is 0. The van der Waals surface area contributed by atoms with Crippen LogP contribution >= 0.6 is 11.6 Å². The number of carbonyl (C=O) groups excluding carboxylic acids is 1. The van der Waals surface area contributed by atoms with Gasteiger partial charge in [-0.15, -0.1) is 0 Å². The largest absolute Gasteiger partial charge is 0.368 e. The van der Waals surface area contributed by atoms with Crippen LogP contribution in [0.15, 0.2) is 30.3 Å². The van der Waals surface area contributed by atoms with Crippen LogP contribution in [-0.2, 0) is 6.42 Å². The lowest BCUT2D eigenvalue weighted by Crippen LogP contribution is -2.27. The monoisotopic (exact) mass is 346 g/mol. The van der Waals surface area contributed by atoms with E-state index in [9.17, 15) is 4.79 Å². The van der Waals surface area contributed by atoms with Crippen LogP contribution in [0.2, 0.25) is 5.02 Å². The number of aromatic nitrogens is 2. The van der Waals surface area contributed by atoms with Gasteiger partial charge in [0.1, 0.15) is 17.3 Å². The Kier molecular flexibility index (Phi) is 6.55. The fraction of sp³-hybridized carbons (Fsp3) is 0.389. The minimum Gasteiger partial charge on any atom is -0.368 e. The van der Waals surface area contributed by atoms with Crippen molar-refractivity contribution in [3.05, 3.63) is 52.4 Å². The predicted octanol–water partition coefficient (Wildman–Crippen LogP) is 3.62. The van der Waals surface area contributed by atoms with Crippen molar-refractivity contribution < 1.29 is 4.79 Å². The normalized spacial score (nSPS) is 11.8. The first-order valence-electron chi connectivity index (χ1n) is 8.12. The Morgan fingerprint density at radius 3 is 2.79 bits per heavy atom. The topological polar surface area (TPSA) is 66.9 Å². The lowest BCUT2D eigenvalue weighted by molar-refractivity contribution is 0.0949. The molecule has 0 saturated carbocycles. The third-order valence-corrected chi connectivity index (χ3v) is 3.90. The molecule has 1 heterocycles. The molecule has 0 radical (unpaired) electrons. The summed E-state index contributed by atoms with van der Waals surface area (Å²) in [7, 11) is 0. The molecule has 2 rings (SSSR count). The third-order valence-electron chi connectivity index (χ3n) is 3.67. The van der Waals surface area contributed by atoms with E-state index in [0.717, 1.165) is 12.0 Å². The van der Waals surface area contributed by atoms with E-state index in [1.165, 1.54) is 0 Å². The van der Waals surface area contributed by atoms with Crippen LogP contribution < -0.4 is 10.6 Å². The van der Waals surface area contributed by atoms with E-state index in [1.807, 2.05) is 24.3 Å². The SMILES string of the molecule is CCC(C)Nc1cc(C(=O)NCCc2cccc(Cl)c2)nc(C)n1. The van der Waals surface area contributed by atoms with Crippen molar-refractivity contribution >= 4 is 23.3 Å². The standard InChI is InChI=1S/C18H23ClN4O/c1-4-12(2)21-17-11-16(22-13(3)23-17)18(24)20-9-8-14-6-5-7-15(19)10-14/h5-7,10-12H,4,8-9H2,1-3H3,(H,20,24)(H,21,22,23). The number of benzene rings is 1. The molecule has 0 spiro atoms. The number of nitrogens with one attached hydrogen (secondary N) is 2. The lowest BCUT2D eigenvalue weighted by atomic mass is 10.1. The molecule has 1 aromatic heterocycles. The van der Waals surface area contributed by atoms with Gasteiger partial charge in [0.2, 0.25) is 0 Å². The van der Waals surface area contributed by atoms with Gasteiger partial charge in [0, 0.05) is 23.7 Å². The van der Waals surface area contributed by atoms with E-state index in [1.54, 1.807) is 13.0 Å². The van der Waals surface area contributed by atoms with Gasteiger partial charge in [0.05, 0.1) is 0 Å². The van der Waals surface area contributed by atoms with Gasteiger partial charge in [-0.2, -0.15) is 0 Å². The zero-order valence-corrected chi connectivity index (χ0v) is 15.0. The lowest BCUT2D eigenvalue weighted by Gasteiger charge is -2.13. The van der Waals surface area contributed by atoms with Gasteiger partial charge in [-0.05, 0) is 44.4 Å². The Hall–Kier alpha value is -2.14. The first-order chi connectivity index (χ1) is 11.5. The van der Waals surface area contributed by atoms with E-state index >= 15 is 0 Å². The van der Waals surface area contributed by atoms with Crippen LogP contribution in [0.25, 0.3) is 0 Å². The zero-order valence-electron chi connectivity index (χ0n) is 14.3. The van der Waals surface area contributed by atoms with Gasteiger partial charge >= 0.3 is 0 Å². The van der Waals surface area contributed by atoms with Crippen molar-refractivity contribution in [1.82, 2.24) is 15.3 Å². The van der Waals surface area contributed by atoms with E-state index in [2.05, 4.69) is 34.4 Å². The molecule has 1 unspecified atom stereocenters. The molecule has 0 aliphatic heterocycles. The highest BCUT2D eigenvalue weighted by molar-refractivity contribution is 6.30. The Balaban J connectivity index is 1.96. The number of hydrogen-bond donors (Lipinski definition) is 2. The first-order valence-corrected chi connectivity index (χ1v) is 8.50. The van der Waals surface area contributed by atoms with Crippen molar-refractivity contribution in [2.75, 3.05) is 11.9 Å². The van der Waals surface area contributed by atoms with E-state index in [4.69, 9.17) is 11.6 Å². The minimum atomic E-state index is -0.199. The number of carbonyl (C=O) groups is 1. The van der Waals surface area contributed by atoms with Crippen molar-refractivity contribution in [2.24, 2.45) is 0 Å². The Bertz CT molecular complexity index is 705. The maximum absolute atomic E-state index is 12.3. The van der Waals surface area contributed by atoms with Crippen molar-refractivity contribution in [3.63, 3.8) is 0 Å². The van der Waals surface area contributed by atoms with Crippen LogP contribution in [0, 0.1) is 6.92 Å². The number of amides is 1. The molecule has 0 bridgehead atoms. The molecule has 2 N–H and O–H groups in total. The second-order valence-corrected chi connectivity index (χ2v) is 6.21. The molecule has 1 atom stereocenters. The van der Waals surface area contributed by atoms with Crippen molar-refractivity contribution in [2.45, 2.75) is 39.7 Å². The summed E-state index contributed by atoms with van der Waals surface area (Å²) >= 11 is 5.96. The molecule has 1 aromatic carbocycles. The number of halogens is 1. The van der Waals surface area contributed by atoms with Crippen LogP contribution in [-0.4, -0.2) is 28.5 Å². The Labute approximate surface area is 147 Å². The number of aryl methyl sites for hydroxylation is 1. The molecule has 128 valence electrons. The predicted molar refractivity (Wildman–Crippen MR) is 97.6 cm³/mol. The fourth-order valence-corrected chi connectivity index (χ4v) is 2.43. The average molecular weight is 347 g/mol. The second kappa shape index (κ2) is 8.64. The molecule has 0 saturated heterocycles. The number of nitrogens with zero attached hydrogens (tertiary/aromatic N) is 2. The number of hydrogen-bond acceptors (Lipinski definition) is 4. The van der Waals surface area contributed by atoms with Gasteiger partial charge in [0.15, 0.2) is 0 Å². The van der Waals surface area contributed by atoms with E-state index < -0.39 is 0 Å². The molecule has 1 amide bonds. The Morgan fingerprint density at radius 2 is 2.08 bits per heavy atom. The first kappa shape index (κ1) is 18.2. The summed E-state index contributed by atoms with van der Waals surface area (Å²) in [5.74, 6) is 1.05. The highest BCUT2D eigenvalue weighted by Gasteiger charge is 2.11. The van der Waals surface area contributed by atoms with Gasteiger partial charge in [-0.3, -0.25) is 4.79 Å². The summed E-state index contributed by atoms with van der Waals surface area (Å²) in [5, 5.41) is 6.86. The maximum Gasteiger partial charge on any atom is 0.270 e. The smallest absolute Gasteiger partial charge is 0.270 e. The fourth-order valence-electron chi connectivity index (χ4n) is 2.22. The quantitative estimate of drug-likeness (QED) is 0.803. The molecule has 0 aliphatic carbocycles. The molecule has 2 aromatic rings. The summed E-state index contributed by atoms with van der Waals surface area (Å²) in [6.45, 7) is 6.47. The summed E-state index contributed by atoms with van der Waals surface area (Å²) in [6, 6.07) is 9.60. The van der Waals surface area contributed by atoms with E-state index in [0.29, 0.717) is 35.3 Å². The molecule has 6 heteroatoms. The molecular weight excluding hydrogens is 324 g/mol. The van der Waals surface area contributed by atoms with Crippen molar-refractivity contribution in [3.8, 4) is 0 Å². The summed E-state index contributed by atoms with van der Waals surface area (Å²) in [6.07, 6.45) is 1.69. The van der Waals surface area contributed by atoms with Crippen molar-refractivity contribution in [1.29, 1.82) is 0 Å². The van der Waals surface area contributed by atoms with Crippen LogP contribution in [0.5, 0.6) is 0 Å². The second-order valence-electron chi connectivity index (χ2n) is 5.78. The van der Waals surface area contributed by atoms with Crippen LogP contribution in [0.4, 0.5) is 5.82 Å². The summed E-state index contributed by atoms with van der Waals surface area (Å²) in [4.78, 5) is 20.9. The third kappa shape index (κ3) is 5.49. The molecule has 5 nitrogen and oxygen atoms in total. The molecular formula is C18H23ClN4O. The van der Waals surface area contributed by atoms with Gasteiger partial charge < -0.3 is 10.6 Å². The highest BCUT2D eigenvalue weighted by atomic mass is 35.5. The summed E-state index contributed by atoms with van der Waals surface area (Å²) in [5.41, 5.74) is 1.46. The van der Waals surface area contributed by atoms with Gasteiger partial charge in [0.25, 0.3) is 5.91 Å². The van der Waals surface area contributed by atoms with E-state index in [-0.39, 0.29) is 11.9 Å². The Morgan fingerprint density at radius 1 is 1.29 bits per heavy atom. The highest BCUT2D eigenvalue weighted by Crippen LogP contribution is 2.11. The van der Waals surface area contributed by atoms with Crippen LogP contribution in [0.1, 0.15) is 42.1 Å². The minimum absolute atomic E-state index is 0.199.